The van der Waals surface area contributed by atoms with Gasteiger partial charge in [-0.25, -0.2) is 8.42 Å². The first-order valence-corrected chi connectivity index (χ1v) is 9.42. The predicted octanol–water partition coefficient (Wildman–Crippen LogP) is 3.23. The number of hydrogen-bond acceptors (Lipinski definition) is 5. The van der Waals surface area contributed by atoms with Crippen LogP contribution in [0.25, 0.3) is 0 Å². The normalized spacial score (nSPS) is 18.3. The average molecular weight is 333 g/mol. The molecule has 2 aromatic rings. The van der Waals surface area contributed by atoms with Crippen LogP contribution in [0.15, 0.2) is 45.9 Å². The van der Waals surface area contributed by atoms with Crippen molar-refractivity contribution < 1.29 is 17.6 Å². The third-order valence-corrected chi connectivity index (χ3v) is 5.34. The molecule has 1 unspecified atom stereocenters. The Hall–Kier alpha value is -2.08. The molecule has 0 N–H and O–H groups in total. The molecule has 1 saturated heterocycles. The maximum Gasteiger partial charge on any atom is 0.177 e. The lowest BCUT2D eigenvalue weighted by atomic mass is 10.1. The molecule has 5 nitrogen and oxygen atoms in total. The van der Waals surface area contributed by atoms with Crippen LogP contribution in [0.3, 0.4) is 0 Å². The molecule has 2 heterocycles. The smallest absolute Gasteiger partial charge is 0.177 e. The zero-order valence-electron chi connectivity index (χ0n) is 13.2. The van der Waals surface area contributed by atoms with E-state index < -0.39 is 9.84 Å². The van der Waals surface area contributed by atoms with E-state index in [4.69, 9.17) is 4.42 Å². The molecule has 6 heteroatoms. The van der Waals surface area contributed by atoms with E-state index in [0.717, 1.165) is 25.1 Å². The number of rotatable bonds is 4. The van der Waals surface area contributed by atoms with Gasteiger partial charge in [-0.05, 0) is 50.1 Å². The van der Waals surface area contributed by atoms with E-state index in [0.29, 0.717) is 11.3 Å². The monoisotopic (exact) mass is 333 g/mol. The molecule has 1 fully saturated rings. The summed E-state index contributed by atoms with van der Waals surface area (Å²) in [6.07, 6.45) is 4.65. The van der Waals surface area contributed by atoms with Crippen LogP contribution in [0, 0.1) is 0 Å². The first kappa shape index (κ1) is 15.8. The van der Waals surface area contributed by atoms with Crippen molar-refractivity contribution in [1.29, 1.82) is 0 Å². The van der Waals surface area contributed by atoms with Crippen molar-refractivity contribution in [3.63, 3.8) is 0 Å². The molecular weight excluding hydrogens is 314 g/mol. The molecule has 122 valence electrons. The van der Waals surface area contributed by atoms with E-state index in [1.807, 2.05) is 17.0 Å². The van der Waals surface area contributed by atoms with Gasteiger partial charge in [0.1, 0.15) is 5.76 Å². The minimum Gasteiger partial charge on any atom is -0.467 e. The fraction of sp³-hybridized carbons (Fsp3) is 0.353. The fourth-order valence-corrected chi connectivity index (χ4v) is 3.98. The summed E-state index contributed by atoms with van der Waals surface area (Å²) in [5.74, 6) is 0.732. The number of Topliss-reactive ketones (excluding diaryl/α,β-unsaturated/α-hetero) is 1. The topological polar surface area (TPSA) is 67.6 Å². The summed E-state index contributed by atoms with van der Waals surface area (Å²) in [4.78, 5) is 14.0. The Morgan fingerprint density at radius 3 is 2.70 bits per heavy atom. The van der Waals surface area contributed by atoms with Crippen molar-refractivity contribution in [2.24, 2.45) is 0 Å². The van der Waals surface area contributed by atoms with E-state index in [-0.39, 0.29) is 16.7 Å². The van der Waals surface area contributed by atoms with E-state index in [9.17, 15) is 13.2 Å². The zero-order chi connectivity index (χ0) is 16.6. The van der Waals surface area contributed by atoms with Crippen LogP contribution in [0.1, 0.15) is 41.9 Å². The van der Waals surface area contributed by atoms with Gasteiger partial charge in [0.05, 0.1) is 22.9 Å². The molecule has 1 aromatic carbocycles. The van der Waals surface area contributed by atoms with Gasteiger partial charge in [0.25, 0.3) is 0 Å². The van der Waals surface area contributed by atoms with Crippen molar-refractivity contribution in [3.8, 4) is 0 Å². The zero-order valence-corrected chi connectivity index (χ0v) is 14.0. The quantitative estimate of drug-likeness (QED) is 0.804. The van der Waals surface area contributed by atoms with Gasteiger partial charge in [-0.15, -0.1) is 0 Å². The first-order chi connectivity index (χ1) is 10.9. The summed E-state index contributed by atoms with van der Waals surface area (Å²) < 4.78 is 29.8. The summed E-state index contributed by atoms with van der Waals surface area (Å²) in [5.41, 5.74) is 1.09. The Labute approximate surface area is 135 Å². The van der Waals surface area contributed by atoms with E-state index >= 15 is 0 Å². The van der Waals surface area contributed by atoms with Crippen molar-refractivity contribution in [1.82, 2.24) is 0 Å². The van der Waals surface area contributed by atoms with Crippen LogP contribution in [0.2, 0.25) is 0 Å². The highest BCUT2D eigenvalue weighted by Crippen LogP contribution is 2.39. The van der Waals surface area contributed by atoms with Crippen LogP contribution >= 0.6 is 0 Å². The van der Waals surface area contributed by atoms with E-state index in [2.05, 4.69) is 0 Å². The number of sulfone groups is 1. The Morgan fingerprint density at radius 2 is 2.09 bits per heavy atom. The molecule has 3 rings (SSSR count). The number of hydrogen-bond donors (Lipinski definition) is 0. The predicted molar refractivity (Wildman–Crippen MR) is 87.6 cm³/mol. The number of benzene rings is 1. The molecule has 1 atom stereocenters. The SMILES string of the molecule is CC(=O)c1ccc(S(C)(=O)=O)c(N2CCCC2c2ccco2)c1. The highest BCUT2D eigenvalue weighted by atomic mass is 32.2. The molecule has 0 bridgehead atoms. The van der Waals surface area contributed by atoms with Crippen molar-refractivity contribution in [2.45, 2.75) is 30.7 Å². The van der Waals surface area contributed by atoms with Gasteiger partial charge < -0.3 is 9.32 Å². The molecule has 0 saturated carbocycles. The molecular formula is C17H19NO4S. The lowest BCUT2D eigenvalue weighted by Gasteiger charge is -2.27. The molecule has 0 spiro atoms. The molecule has 0 amide bonds. The molecule has 0 aliphatic carbocycles. The average Bonchev–Trinajstić information content (AvgIpc) is 3.16. The summed E-state index contributed by atoms with van der Waals surface area (Å²) >= 11 is 0. The highest BCUT2D eigenvalue weighted by molar-refractivity contribution is 7.90. The van der Waals surface area contributed by atoms with Crippen molar-refractivity contribution in [3.05, 3.63) is 47.9 Å². The van der Waals surface area contributed by atoms with Gasteiger partial charge in [0, 0.05) is 18.4 Å². The second-order valence-electron chi connectivity index (χ2n) is 5.88. The molecule has 0 radical (unpaired) electrons. The molecule has 1 aliphatic rings. The Morgan fingerprint density at radius 1 is 1.30 bits per heavy atom. The van der Waals surface area contributed by atoms with Gasteiger partial charge in [-0.2, -0.15) is 0 Å². The number of furan rings is 1. The molecule has 23 heavy (non-hydrogen) atoms. The van der Waals surface area contributed by atoms with Crippen LogP contribution in [-0.4, -0.2) is 27.0 Å². The number of ketones is 1. The van der Waals surface area contributed by atoms with E-state index in [1.54, 1.807) is 18.4 Å². The number of carbonyl (C=O) groups is 1. The number of carbonyl (C=O) groups excluding carboxylic acids is 1. The minimum atomic E-state index is -3.39. The highest BCUT2D eigenvalue weighted by Gasteiger charge is 2.31. The summed E-state index contributed by atoms with van der Waals surface area (Å²) in [6, 6.07) is 8.50. The van der Waals surface area contributed by atoms with Crippen LogP contribution < -0.4 is 4.90 Å². The molecule has 1 aliphatic heterocycles. The fourth-order valence-electron chi connectivity index (χ4n) is 3.11. The third-order valence-electron chi connectivity index (χ3n) is 4.20. The Kier molecular flexibility index (Phi) is 4.02. The Balaban J connectivity index is 2.13. The lowest BCUT2D eigenvalue weighted by Crippen LogP contribution is -2.24. The van der Waals surface area contributed by atoms with Crippen molar-refractivity contribution >= 4 is 21.3 Å². The lowest BCUT2D eigenvalue weighted by molar-refractivity contribution is 0.101. The van der Waals surface area contributed by atoms with Crippen LogP contribution in [0.4, 0.5) is 5.69 Å². The summed E-state index contributed by atoms with van der Waals surface area (Å²) in [5, 5.41) is 0. The largest absolute Gasteiger partial charge is 0.467 e. The first-order valence-electron chi connectivity index (χ1n) is 7.53. The maximum absolute atomic E-state index is 12.1. The van der Waals surface area contributed by atoms with E-state index in [1.165, 1.54) is 19.2 Å². The maximum atomic E-state index is 12.1. The Bertz CT molecular complexity index is 824. The number of nitrogens with zero attached hydrogens (tertiary/aromatic N) is 1. The number of anilines is 1. The third kappa shape index (κ3) is 3.03. The minimum absolute atomic E-state index is 0.00675. The summed E-state index contributed by atoms with van der Waals surface area (Å²) in [6.45, 7) is 2.21. The molecule has 1 aromatic heterocycles. The van der Waals surface area contributed by atoms with Gasteiger partial charge >= 0.3 is 0 Å². The van der Waals surface area contributed by atoms with Gasteiger partial charge in [-0.1, -0.05) is 0 Å². The van der Waals surface area contributed by atoms with Gasteiger partial charge in [0.2, 0.25) is 0 Å². The van der Waals surface area contributed by atoms with Crippen LogP contribution in [-0.2, 0) is 9.84 Å². The second kappa shape index (κ2) is 5.85. The van der Waals surface area contributed by atoms with Gasteiger partial charge in [-0.3, -0.25) is 4.79 Å². The second-order valence-corrected chi connectivity index (χ2v) is 7.86. The van der Waals surface area contributed by atoms with Crippen molar-refractivity contribution in [2.75, 3.05) is 17.7 Å². The van der Waals surface area contributed by atoms with Crippen LogP contribution in [0.5, 0.6) is 0 Å². The van der Waals surface area contributed by atoms with Gasteiger partial charge in [0.15, 0.2) is 15.6 Å². The standard InChI is InChI=1S/C17H19NO4S/c1-12(19)13-7-8-17(23(2,20)21)15(11-13)18-9-3-5-14(18)16-6-4-10-22-16/h4,6-8,10-11,14H,3,5,9H2,1-2H3. The summed E-state index contributed by atoms with van der Waals surface area (Å²) in [7, 11) is -3.39.